The molecular weight excluding hydrogens is 264 g/mol. The van der Waals surface area contributed by atoms with Crippen LogP contribution >= 0.6 is 11.6 Å². The quantitative estimate of drug-likeness (QED) is 0.881. The van der Waals surface area contributed by atoms with Crippen molar-refractivity contribution in [2.45, 2.75) is 13.0 Å². The third kappa shape index (κ3) is 3.84. The molecule has 19 heavy (non-hydrogen) atoms. The number of furan rings is 1. The van der Waals surface area contributed by atoms with Crippen molar-refractivity contribution < 1.29 is 14.5 Å². The lowest BCUT2D eigenvalue weighted by Gasteiger charge is -2.09. The summed E-state index contributed by atoms with van der Waals surface area (Å²) >= 11 is 5.97. The van der Waals surface area contributed by atoms with Gasteiger partial charge in [0.25, 0.3) is 5.91 Å². The van der Waals surface area contributed by atoms with Gasteiger partial charge in [0.1, 0.15) is 6.04 Å². The monoisotopic (exact) mass is 279 g/mol. The summed E-state index contributed by atoms with van der Waals surface area (Å²) < 4.78 is 5.28. The fraction of sp³-hybridized carbons (Fsp3) is 0.214. The highest BCUT2D eigenvalue weighted by atomic mass is 35.5. The van der Waals surface area contributed by atoms with E-state index in [9.17, 15) is 4.79 Å². The van der Waals surface area contributed by atoms with Crippen LogP contribution in [0.2, 0.25) is 5.02 Å². The van der Waals surface area contributed by atoms with Gasteiger partial charge < -0.3 is 15.1 Å². The zero-order valence-corrected chi connectivity index (χ0v) is 11.4. The number of carbonyl (C=O) groups excluding carboxylic acids is 1. The van der Waals surface area contributed by atoms with Crippen molar-refractivity contribution in [3.05, 3.63) is 53.4 Å². The van der Waals surface area contributed by atoms with Crippen LogP contribution in [0.15, 0.2) is 47.1 Å². The first-order chi connectivity index (χ1) is 9.16. The molecule has 1 aromatic carbocycles. The lowest BCUT2D eigenvalue weighted by molar-refractivity contribution is -0.684. The lowest BCUT2D eigenvalue weighted by Crippen LogP contribution is -2.86. The molecule has 0 fully saturated rings. The van der Waals surface area contributed by atoms with Crippen molar-refractivity contribution in [3.63, 3.8) is 0 Å². The number of nitrogens with one attached hydrogen (secondary N) is 1. The first kappa shape index (κ1) is 13.6. The van der Waals surface area contributed by atoms with E-state index in [2.05, 4.69) is 5.32 Å². The minimum Gasteiger partial charge on any atom is -0.463 e. The maximum absolute atomic E-state index is 11.8. The topological polar surface area (TPSA) is 58.9 Å². The Bertz CT molecular complexity index is 540. The molecule has 1 aromatic heterocycles. The number of halogens is 1. The number of quaternary nitrogens is 1. The smallest absolute Gasteiger partial charge is 0.279 e. The van der Waals surface area contributed by atoms with E-state index in [1.807, 2.05) is 36.5 Å². The maximum atomic E-state index is 11.8. The van der Waals surface area contributed by atoms with Gasteiger partial charge in [-0.2, -0.15) is 0 Å². The minimum absolute atomic E-state index is 0.0912. The van der Waals surface area contributed by atoms with Gasteiger partial charge >= 0.3 is 0 Å². The van der Waals surface area contributed by atoms with Crippen LogP contribution in [0.25, 0.3) is 0 Å². The third-order valence-electron chi connectivity index (χ3n) is 2.80. The van der Waals surface area contributed by atoms with E-state index in [4.69, 9.17) is 16.0 Å². The summed E-state index contributed by atoms with van der Waals surface area (Å²) in [5.41, 5.74) is 0.633. The number of carbonyl (C=O) groups is 1. The number of amides is 1. The van der Waals surface area contributed by atoms with Crippen molar-refractivity contribution in [2.24, 2.45) is 0 Å². The summed E-state index contributed by atoms with van der Waals surface area (Å²) in [6.07, 6.45) is 1.63. The fourth-order valence-electron chi connectivity index (χ4n) is 1.71. The van der Waals surface area contributed by atoms with Crippen LogP contribution in [0.4, 0.5) is 5.69 Å². The van der Waals surface area contributed by atoms with E-state index in [1.54, 1.807) is 18.4 Å². The average molecular weight is 280 g/mol. The van der Waals surface area contributed by atoms with E-state index < -0.39 is 0 Å². The van der Waals surface area contributed by atoms with Crippen molar-refractivity contribution in [3.8, 4) is 0 Å². The molecule has 100 valence electrons. The Balaban J connectivity index is 1.84. The normalized spacial score (nSPS) is 12.1. The third-order valence-corrected chi connectivity index (χ3v) is 3.13. The van der Waals surface area contributed by atoms with Crippen molar-refractivity contribution in [2.75, 3.05) is 11.9 Å². The van der Waals surface area contributed by atoms with E-state index in [0.29, 0.717) is 17.3 Å². The second-order valence-corrected chi connectivity index (χ2v) is 4.68. The number of benzene rings is 1. The van der Waals surface area contributed by atoms with Crippen molar-refractivity contribution in [1.82, 2.24) is 0 Å². The van der Waals surface area contributed by atoms with E-state index in [0.717, 1.165) is 5.76 Å². The summed E-state index contributed by atoms with van der Waals surface area (Å²) in [5, 5.41) is 5.22. The zero-order valence-electron chi connectivity index (χ0n) is 10.6. The Morgan fingerprint density at radius 1 is 1.37 bits per heavy atom. The molecule has 0 unspecified atom stereocenters. The van der Waals surface area contributed by atoms with Crippen molar-refractivity contribution in [1.29, 1.82) is 0 Å². The molecule has 5 heteroatoms. The first-order valence-corrected chi connectivity index (χ1v) is 6.45. The Kier molecular flexibility index (Phi) is 4.60. The molecule has 0 saturated heterocycles. The molecule has 1 amide bonds. The molecule has 1 atom stereocenters. The molecule has 0 aliphatic rings. The van der Waals surface area contributed by atoms with Crippen LogP contribution in [-0.2, 0) is 4.79 Å². The van der Waals surface area contributed by atoms with E-state index >= 15 is 0 Å². The van der Waals surface area contributed by atoms with Crippen molar-refractivity contribution >= 4 is 23.2 Å². The highest BCUT2D eigenvalue weighted by Gasteiger charge is 2.14. The first-order valence-electron chi connectivity index (χ1n) is 6.08. The Morgan fingerprint density at radius 2 is 2.16 bits per heavy atom. The molecule has 0 aliphatic heterocycles. The number of anilines is 1. The summed E-state index contributed by atoms with van der Waals surface area (Å²) in [7, 11) is 0. The van der Waals surface area contributed by atoms with Crippen LogP contribution in [0, 0.1) is 0 Å². The molecule has 2 aromatic rings. The molecule has 0 spiro atoms. The maximum Gasteiger partial charge on any atom is 0.279 e. The molecular formula is C14H16ClN2O2+. The summed E-state index contributed by atoms with van der Waals surface area (Å²) in [6.45, 7) is 2.30. The highest BCUT2D eigenvalue weighted by molar-refractivity contribution is 6.33. The van der Waals surface area contributed by atoms with Crippen LogP contribution < -0.4 is 10.6 Å². The van der Waals surface area contributed by atoms with Gasteiger partial charge in [0.2, 0.25) is 0 Å². The number of para-hydroxylation sites is 1. The molecule has 3 N–H and O–H groups in total. The SMILES string of the molecule is C[C@@H]([NH2+]CC(=O)Nc1ccccc1Cl)c1ccco1. The Morgan fingerprint density at radius 3 is 2.84 bits per heavy atom. The molecule has 0 radical (unpaired) electrons. The standard InChI is InChI=1S/C14H15ClN2O2/c1-10(13-7-4-8-19-13)16-9-14(18)17-12-6-3-2-5-11(12)15/h2-8,10,16H,9H2,1H3,(H,17,18)/p+1/t10-/m1/s1. The van der Waals surface area contributed by atoms with Gasteiger partial charge in [-0.25, -0.2) is 0 Å². The van der Waals surface area contributed by atoms with Gasteiger partial charge in [-0.05, 0) is 31.2 Å². The summed E-state index contributed by atoms with van der Waals surface area (Å²) in [6, 6.07) is 11.0. The number of nitrogens with two attached hydrogens (primary N) is 1. The zero-order chi connectivity index (χ0) is 13.7. The molecule has 4 nitrogen and oxygen atoms in total. The summed E-state index contributed by atoms with van der Waals surface area (Å²) in [5.74, 6) is 0.761. The largest absolute Gasteiger partial charge is 0.463 e. The van der Waals surface area contributed by atoms with Crippen LogP contribution in [0.3, 0.4) is 0 Å². The molecule has 0 bridgehead atoms. The average Bonchev–Trinajstić information content (AvgIpc) is 2.93. The molecule has 0 aliphatic carbocycles. The van der Waals surface area contributed by atoms with Gasteiger partial charge in [0, 0.05) is 0 Å². The van der Waals surface area contributed by atoms with Crippen LogP contribution in [0.1, 0.15) is 18.7 Å². The highest BCUT2D eigenvalue weighted by Crippen LogP contribution is 2.19. The minimum atomic E-state index is -0.0912. The number of rotatable bonds is 5. The second kappa shape index (κ2) is 6.41. The molecule has 0 saturated carbocycles. The predicted octanol–water partition coefficient (Wildman–Crippen LogP) is 2.20. The lowest BCUT2D eigenvalue weighted by atomic mass is 10.2. The van der Waals surface area contributed by atoms with E-state index in [-0.39, 0.29) is 11.9 Å². The number of hydrogen-bond acceptors (Lipinski definition) is 2. The Labute approximate surface area is 116 Å². The molecule has 2 rings (SSSR count). The fourth-order valence-corrected chi connectivity index (χ4v) is 1.90. The number of hydrogen-bond donors (Lipinski definition) is 2. The van der Waals surface area contributed by atoms with Crippen LogP contribution in [0.5, 0.6) is 0 Å². The van der Waals surface area contributed by atoms with Gasteiger partial charge in [-0.15, -0.1) is 0 Å². The summed E-state index contributed by atoms with van der Waals surface area (Å²) in [4.78, 5) is 11.8. The van der Waals surface area contributed by atoms with Gasteiger partial charge in [0.05, 0.1) is 17.0 Å². The van der Waals surface area contributed by atoms with Gasteiger partial charge in [-0.1, -0.05) is 23.7 Å². The Hall–Kier alpha value is -1.78. The molecule has 1 heterocycles. The second-order valence-electron chi connectivity index (χ2n) is 4.27. The predicted molar refractivity (Wildman–Crippen MR) is 74.0 cm³/mol. The van der Waals surface area contributed by atoms with Gasteiger partial charge in [0.15, 0.2) is 12.3 Å². The van der Waals surface area contributed by atoms with Crippen LogP contribution in [-0.4, -0.2) is 12.5 Å². The van der Waals surface area contributed by atoms with E-state index in [1.165, 1.54) is 0 Å². The van der Waals surface area contributed by atoms with Gasteiger partial charge in [-0.3, -0.25) is 4.79 Å².